The molecule has 1 N–H and O–H groups in total. The molecule has 0 heterocycles. The molecule has 0 spiro atoms. The smallest absolute Gasteiger partial charge is 0.422 e. The third-order valence-corrected chi connectivity index (χ3v) is 3.45. The molecule has 1 saturated carbocycles. The number of hydrogen-bond donors (Lipinski definition) is 1. The number of alkyl halides is 3. The summed E-state index contributed by atoms with van der Waals surface area (Å²) in [6, 6.07) is 0. The molecule has 0 radical (unpaired) electrons. The van der Waals surface area contributed by atoms with Crippen LogP contribution in [0, 0.1) is 11.8 Å². The summed E-state index contributed by atoms with van der Waals surface area (Å²) >= 11 is 0. The molecular weight excluding hydrogens is 247 g/mol. The molecule has 0 aliphatic heterocycles. The van der Waals surface area contributed by atoms with E-state index in [0.29, 0.717) is 12.5 Å². The number of nitrogens with one attached hydrogen (secondary N) is 1. The van der Waals surface area contributed by atoms with E-state index in [-0.39, 0.29) is 0 Å². The lowest BCUT2D eigenvalue weighted by molar-refractivity contribution is -0.160. The summed E-state index contributed by atoms with van der Waals surface area (Å²) in [5.41, 5.74) is 0. The van der Waals surface area contributed by atoms with Gasteiger partial charge < -0.3 is 10.1 Å². The van der Waals surface area contributed by atoms with E-state index in [1.807, 2.05) is 0 Å². The van der Waals surface area contributed by atoms with Crippen molar-refractivity contribution in [1.82, 2.24) is 5.32 Å². The number of carbonyl (C=O) groups excluding carboxylic acids is 1. The molecular formula is C12H20F3NO2. The number of ether oxygens (including phenoxy) is 1. The first kappa shape index (κ1) is 15.1. The van der Waals surface area contributed by atoms with Crippen LogP contribution in [0.15, 0.2) is 0 Å². The lowest BCUT2D eigenvalue weighted by atomic mass is 9.81. The Morgan fingerprint density at radius 2 is 1.78 bits per heavy atom. The molecule has 18 heavy (non-hydrogen) atoms. The molecule has 0 aromatic carbocycles. The first-order valence-electron chi connectivity index (χ1n) is 6.38. The summed E-state index contributed by atoms with van der Waals surface area (Å²) in [6.07, 6.45) is 0.0614. The molecule has 6 heteroatoms. The summed E-state index contributed by atoms with van der Waals surface area (Å²) in [4.78, 5) is 11.0. The first-order valence-corrected chi connectivity index (χ1v) is 6.38. The van der Waals surface area contributed by atoms with E-state index in [2.05, 4.69) is 17.0 Å². The highest BCUT2D eigenvalue weighted by Gasteiger charge is 2.29. The van der Waals surface area contributed by atoms with Crippen molar-refractivity contribution in [1.29, 1.82) is 0 Å². The van der Waals surface area contributed by atoms with Crippen molar-refractivity contribution in [2.75, 3.05) is 13.2 Å². The van der Waals surface area contributed by atoms with E-state index in [0.717, 1.165) is 31.6 Å². The maximum Gasteiger partial charge on any atom is 0.422 e. The zero-order valence-corrected chi connectivity index (χ0v) is 10.6. The predicted octanol–water partition coefficient (Wildman–Crippen LogP) is 3.49. The van der Waals surface area contributed by atoms with Gasteiger partial charge in [-0.05, 0) is 24.7 Å². The number of amides is 1. The van der Waals surface area contributed by atoms with Gasteiger partial charge in [-0.2, -0.15) is 13.2 Å². The van der Waals surface area contributed by atoms with Gasteiger partial charge in [-0.25, -0.2) is 4.79 Å². The number of carbonyl (C=O) groups is 1. The average molecular weight is 267 g/mol. The number of rotatable bonds is 4. The Labute approximate surface area is 105 Å². The fourth-order valence-electron chi connectivity index (χ4n) is 2.27. The van der Waals surface area contributed by atoms with Crippen molar-refractivity contribution in [3.05, 3.63) is 0 Å². The Hall–Kier alpha value is -0.940. The topological polar surface area (TPSA) is 38.3 Å². The van der Waals surface area contributed by atoms with E-state index in [1.54, 1.807) is 0 Å². The molecule has 0 aromatic rings. The molecule has 1 fully saturated rings. The molecule has 1 amide bonds. The van der Waals surface area contributed by atoms with Gasteiger partial charge in [0, 0.05) is 6.54 Å². The van der Waals surface area contributed by atoms with E-state index in [1.165, 1.54) is 6.42 Å². The minimum Gasteiger partial charge on any atom is -0.440 e. The SMILES string of the molecule is CCC1CCC(CNC(=O)OCC(F)(F)F)CC1. The minimum atomic E-state index is -4.46. The normalized spacial score (nSPS) is 24.7. The fourth-order valence-corrected chi connectivity index (χ4v) is 2.27. The standard InChI is InChI=1S/C12H20F3NO2/c1-2-9-3-5-10(6-4-9)7-16-11(17)18-8-12(13,14)15/h9-10H,2-8H2,1H3,(H,16,17). The van der Waals surface area contributed by atoms with Crippen LogP contribution in [0.4, 0.5) is 18.0 Å². The van der Waals surface area contributed by atoms with Gasteiger partial charge >= 0.3 is 12.3 Å². The zero-order valence-electron chi connectivity index (χ0n) is 10.6. The van der Waals surface area contributed by atoms with Gasteiger partial charge in [-0.3, -0.25) is 0 Å². The summed E-state index contributed by atoms with van der Waals surface area (Å²) in [5.74, 6) is 1.13. The van der Waals surface area contributed by atoms with Gasteiger partial charge in [0.2, 0.25) is 0 Å². The molecule has 0 atom stereocenters. The molecule has 0 unspecified atom stereocenters. The van der Waals surface area contributed by atoms with Crippen molar-refractivity contribution in [3.8, 4) is 0 Å². The van der Waals surface area contributed by atoms with E-state index in [4.69, 9.17) is 0 Å². The van der Waals surface area contributed by atoms with Crippen LogP contribution >= 0.6 is 0 Å². The molecule has 0 bridgehead atoms. The van der Waals surface area contributed by atoms with Crippen LogP contribution in [0.3, 0.4) is 0 Å². The van der Waals surface area contributed by atoms with Crippen molar-refractivity contribution in [2.45, 2.75) is 45.2 Å². The van der Waals surface area contributed by atoms with Gasteiger partial charge in [-0.15, -0.1) is 0 Å². The van der Waals surface area contributed by atoms with Gasteiger partial charge in [-0.1, -0.05) is 26.2 Å². The lowest BCUT2D eigenvalue weighted by Crippen LogP contribution is -2.33. The average Bonchev–Trinajstić information content (AvgIpc) is 2.33. The van der Waals surface area contributed by atoms with Gasteiger partial charge in [0.1, 0.15) is 0 Å². The first-order chi connectivity index (χ1) is 8.40. The van der Waals surface area contributed by atoms with E-state index >= 15 is 0 Å². The second-order valence-electron chi connectivity index (χ2n) is 4.87. The summed E-state index contributed by atoms with van der Waals surface area (Å²) in [7, 11) is 0. The highest BCUT2D eigenvalue weighted by Crippen LogP contribution is 2.30. The van der Waals surface area contributed by atoms with Crippen LogP contribution in [0.2, 0.25) is 0 Å². The molecule has 1 rings (SSSR count). The van der Waals surface area contributed by atoms with Gasteiger partial charge in [0.25, 0.3) is 0 Å². The van der Waals surface area contributed by atoms with Crippen LogP contribution in [0.25, 0.3) is 0 Å². The molecule has 1 aliphatic carbocycles. The van der Waals surface area contributed by atoms with Crippen LogP contribution in [-0.4, -0.2) is 25.4 Å². The Balaban J connectivity index is 2.12. The second-order valence-corrected chi connectivity index (χ2v) is 4.87. The molecule has 0 saturated heterocycles. The number of hydrogen-bond acceptors (Lipinski definition) is 2. The van der Waals surface area contributed by atoms with Crippen molar-refractivity contribution in [3.63, 3.8) is 0 Å². The molecule has 0 aromatic heterocycles. The number of halogens is 3. The van der Waals surface area contributed by atoms with Gasteiger partial charge in [0.05, 0.1) is 0 Å². The largest absolute Gasteiger partial charge is 0.440 e. The zero-order chi connectivity index (χ0) is 13.6. The summed E-state index contributed by atoms with van der Waals surface area (Å²) in [6.45, 7) is 1.05. The van der Waals surface area contributed by atoms with E-state index < -0.39 is 18.9 Å². The molecule has 1 aliphatic rings. The summed E-state index contributed by atoms with van der Waals surface area (Å²) < 4.78 is 39.4. The highest BCUT2D eigenvalue weighted by molar-refractivity contribution is 5.67. The Morgan fingerprint density at radius 3 is 2.28 bits per heavy atom. The van der Waals surface area contributed by atoms with Crippen LogP contribution < -0.4 is 5.32 Å². The fraction of sp³-hybridized carbons (Fsp3) is 0.917. The predicted molar refractivity (Wildman–Crippen MR) is 61.1 cm³/mol. The van der Waals surface area contributed by atoms with E-state index in [9.17, 15) is 18.0 Å². The maximum atomic E-state index is 11.8. The monoisotopic (exact) mass is 267 g/mol. The Morgan fingerprint density at radius 1 is 1.22 bits per heavy atom. The Bertz CT molecular complexity index is 261. The van der Waals surface area contributed by atoms with Crippen molar-refractivity contribution < 1.29 is 22.7 Å². The van der Waals surface area contributed by atoms with Crippen LogP contribution in [0.1, 0.15) is 39.0 Å². The quantitative estimate of drug-likeness (QED) is 0.846. The van der Waals surface area contributed by atoms with Crippen LogP contribution in [0.5, 0.6) is 0 Å². The lowest BCUT2D eigenvalue weighted by Gasteiger charge is -2.27. The highest BCUT2D eigenvalue weighted by atomic mass is 19.4. The third-order valence-electron chi connectivity index (χ3n) is 3.45. The summed E-state index contributed by atoms with van der Waals surface area (Å²) in [5, 5.41) is 2.40. The molecule has 106 valence electrons. The molecule has 3 nitrogen and oxygen atoms in total. The second kappa shape index (κ2) is 6.85. The number of alkyl carbamates (subject to hydrolysis) is 1. The maximum absolute atomic E-state index is 11.8. The van der Waals surface area contributed by atoms with Crippen LogP contribution in [-0.2, 0) is 4.74 Å². The third kappa shape index (κ3) is 6.12. The van der Waals surface area contributed by atoms with Gasteiger partial charge in [0.15, 0.2) is 6.61 Å². The van der Waals surface area contributed by atoms with Crippen molar-refractivity contribution >= 4 is 6.09 Å². The minimum absolute atomic E-state index is 0.367. The van der Waals surface area contributed by atoms with Crippen molar-refractivity contribution in [2.24, 2.45) is 11.8 Å². The Kier molecular flexibility index (Phi) is 5.75.